The second kappa shape index (κ2) is 3.33. The summed E-state index contributed by atoms with van der Waals surface area (Å²) in [5.41, 5.74) is 1.94. The Bertz CT molecular complexity index is 343. The third-order valence-corrected chi connectivity index (χ3v) is 3.19. The van der Waals surface area contributed by atoms with E-state index >= 15 is 0 Å². The second-order valence-corrected chi connectivity index (χ2v) is 4.03. The van der Waals surface area contributed by atoms with E-state index in [-0.39, 0.29) is 5.25 Å². The Morgan fingerprint density at radius 3 is 3.31 bits per heavy atom. The van der Waals surface area contributed by atoms with Crippen LogP contribution < -0.4 is 0 Å². The van der Waals surface area contributed by atoms with Crippen LogP contribution in [0.15, 0.2) is 12.5 Å². The van der Waals surface area contributed by atoms with Gasteiger partial charge in [-0.25, -0.2) is 9.97 Å². The van der Waals surface area contributed by atoms with Crippen LogP contribution in [-0.2, 0) is 17.0 Å². The molecule has 0 radical (unpaired) electrons. The number of carboxylic acids is 1. The molecule has 2 heterocycles. The van der Waals surface area contributed by atoms with E-state index in [9.17, 15) is 4.79 Å². The Hall–Kier alpha value is -1.10. The van der Waals surface area contributed by atoms with Gasteiger partial charge in [-0.2, -0.15) is 0 Å². The minimum absolute atomic E-state index is 0.335. The zero-order valence-electron chi connectivity index (χ0n) is 6.80. The zero-order valence-corrected chi connectivity index (χ0v) is 7.62. The third-order valence-electron chi connectivity index (χ3n) is 1.98. The highest BCUT2D eigenvalue weighted by Gasteiger charge is 2.25. The summed E-state index contributed by atoms with van der Waals surface area (Å²) in [6.07, 6.45) is 3.74. The molecule has 13 heavy (non-hydrogen) atoms. The predicted molar refractivity (Wildman–Crippen MR) is 48.5 cm³/mol. The van der Waals surface area contributed by atoms with Crippen molar-refractivity contribution in [1.82, 2.24) is 9.97 Å². The smallest absolute Gasteiger partial charge is 0.316 e. The van der Waals surface area contributed by atoms with Gasteiger partial charge in [0.25, 0.3) is 0 Å². The van der Waals surface area contributed by atoms with Crippen molar-refractivity contribution in [3.63, 3.8) is 0 Å². The molecule has 0 unspecified atom stereocenters. The Morgan fingerprint density at radius 2 is 2.54 bits per heavy atom. The second-order valence-electron chi connectivity index (χ2n) is 2.84. The summed E-state index contributed by atoms with van der Waals surface area (Å²) in [6, 6.07) is 0. The molecule has 0 saturated heterocycles. The van der Waals surface area contributed by atoms with Gasteiger partial charge in [0.1, 0.15) is 11.6 Å². The molecule has 4 nitrogen and oxygen atoms in total. The maximum absolute atomic E-state index is 10.7. The van der Waals surface area contributed by atoms with Crippen molar-refractivity contribution >= 4 is 17.7 Å². The first kappa shape index (κ1) is 8.50. The molecule has 5 heteroatoms. The van der Waals surface area contributed by atoms with Crippen LogP contribution in [0.3, 0.4) is 0 Å². The maximum atomic E-state index is 10.7. The lowest BCUT2D eigenvalue weighted by Gasteiger charge is -2.19. The molecular weight excluding hydrogens is 188 g/mol. The molecule has 0 saturated carbocycles. The van der Waals surface area contributed by atoms with Crippen LogP contribution in [-0.4, -0.2) is 26.3 Å². The predicted octanol–water partition coefficient (Wildman–Crippen LogP) is 0.719. The number of aliphatic carboxylic acids is 1. The minimum atomic E-state index is -0.750. The number of rotatable bonds is 1. The van der Waals surface area contributed by atoms with Crippen LogP contribution in [0, 0.1) is 0 Å². The minimum Gasteiger partial charge on any atom is -0.480 e. The molecule has 0 fully saturated rings. The lowest BCUT2D eigenvalue weighted by molar-refractivity contribution is -0.136. The molecule has 0 aliphatic carbocycles. The zero-order chi connectivity index (χ0) is 9.26. The average molecular weight is 196 g/mol. The highest BCUT2D eigenvalue weighted by molar-refractivity contribution is 7.99. The highest BCUT2D eigenvalue weighted by atomic mass is 32.2. The van der Waals surface area contributed by atoms with Gasteiger partial charge in [-0.3, -0.25) is 4.79 Å². The Kier molecular flexibility index (Phi) is 2.18. The molecule has 68 valence electrons. The summed E-state index contributed by atoms with van der Waals surface area (Å²) < 4.78 is 0. The van der Waals surface area contributed by atoms with E-state index in [1.807, 2.05) is 0 Å². The molecule has 1 aliphatic heterocycles. The molecule has 1 N–H and O–H groups in total. The first-order valence-corrected chi connectivity index (χ1v) is 4.94. The first-order valence-electron chi connectivity index (χ1n) is 3.89. The van der Waals surface area contributed by atoms with Gasteiger partial charge in [0.05, 0.1) is 5.69 Å². The largest absolute Gasteiger partial charge is 0.480 e. The Morgan fingerprint density at radius 1 is 1.69 bits per heavy atom. The van der Waals surface area contributed by atoms with Gasteiger partial charge in [-0.1, -0.05) is 0 Å². The van der Waals surface area contributed by atoms with Crippen molar-refractivity contribution in [3.05, 3.63) is 23.8 Å². The molecule has 2 rings (SSSR count). The molecule has 1 aliphatic rings. The SMILES string of the molecule is O=C(O)[C@@H]1Cc2cncnc2CS1. The first-order chi connectivity index (χ1) is 6.27. The van der Waals surface area contributed by atoms with Crippen molar-refractivity contribution in [2.75, 3.05) is 0 Å². The van der Waals surface area contributed by atoms with E-state index in [2.05, 4.69) is 9.97 Å². The normalized spacial score (nSPS) is 20.8. The summed E-state index contributed by atoms with van der Waals surface area (Å²) in [4.78, 5) is 18.7. The van der Waals surface area contributed by atoms with Gasteiger partial charge < -0.3 is 5.11 Å². The molecular formula is C8H8N2O2S. The number of carbonyl (C=O) groups is 1. The van der Waals surface area contributed by atoms with Crippen molar-refractivity contribution < 1.29 is 9.90 Å². The number of carboxylic acid groups (broad SMARTS) is 1. The van der Waals surface area contributed by atoms with Gasteiger partial charge >= 0.3 is 5.97 Å². The monoisotopic (exact) mass is 196 g/mol. The molecule has 0 amide bonds. The van der Waals surface area contributed by atoms with Crippen LogP contribution >= 0.6 is 11.8 Å². The van der Waals surface area contributed by atoms with E-state index in [0.717, 1.165) is 11.3 Å². The summed E-state index contributed by atoms with van der Waals surface area (Å²) >= 11 is 1.42. The van der Waals surface area contributed by atoms with Gasteiger partial charge in [0.15, 0.2) is 0 Å². The molecule has 1 aromatic rings. The van der Waals surface area contributed by atoms with Crippen LogP contribution in [0.25, 0.3) is 0 Å². The topological polar surface area (TPSA) is 63.1 Å². The van der Waals surface area contributed by atoms with Crippen LogP contribution in [0.4, 0.5) is 0 Å². The van der Waals surface area contributed by atoms with E-state index in [4.69, 9.17) is 5.11 Å². The van der Waals surface area contributed by atoms with Crippen molar-refractivity contribution in [3.8, 4) is 0 Å². The quantitative estimate of drug-likeness (QED) is 0.717. The van der Waals surface area contributed by atoms with E-state index in [0.29, 0.717) is 12.2 Å². The van der Waals surface area contributed by atoms with E-state index in [1.165, 1.54) is 18.1 Å². The lowest BCUT2D eigenvalue weighted by atomic mass is 10.1. The van der Waals surface area contributed by atoms with Crippen LogP contribution in [0.5, 0.6) is 0 Å². The summed E-state index contributed by atoms with van der Waals surface area (Å²) in [5.74, 6) is -0.0750. The van der Waals surface area contributed by atoms with Crippen LogP contribution in [0.2, 0.25) is 0 Å². The Balaban J connectivity index is 2.24. The van der Waals surface area contributed by atoms with E-state index in [1.54, 1.807) is 6.20 Å². The molecule has 0 spiro atoms. The molecule has 1 aromatic heterocycles. The molecule has 0 bridgehead atoms. The molecule has 0 aromatic carbocycles. The lowest BCUT2D eigenvalue weighted by Crippen LogP contribution is -2.24. The fraction of sp³-hybridized carbons (Fsp3) is 0.375. The number of aromatic nitrogens is 2. The summed E-state index contributed by atoms with van der Waals surface area (Å²) in [5, 5.41) is 8.47. The fourth-order valence-electron chi connectivity index (χ4n) is 1.28. The van der Waals surface area contributed by atoms with Crippen molar-refractivity contribution in [2.45, 2.75) is 17.4 Å². The number of thioether (sulfide) groups is 1. The van der Waals surface area contributed by atoms with Gasteiger partial charge in [0, 0.05) is 11.9 Å². The van der Waals surface area contributed by atoms with Crippen LogP contribution in [0.1, 0.15) is 11.3 Å². The number of nitrogens with zero attached hydrogens (tertiary/aromatic N) is 2. The van der Waals surface area contributed by atoms with Gasteiger partial charge in [0.2, 0.25) is 0 Å². The number of hydrogen-bond donors (Lipinski definition) is 1. The fourth-order valence-corrected chi connectivity index (χ4v) is 2.34. The third kappa shape index (κ3) is 1.65. The summed E-state index contributed by atoms with van der Waals surface area (Å²) in [7, 11) is 0. The van der Waals surface area contributed by atoms with E-state index < -0.39 is 5.97 Å². The highest BCUT2D eigenvalue weighted by Crippen LogP contribution is 2.28. The summed E-state index contributed by atoms with van der Waals surface area (Å²) in [6.45, 7) is 0. The number of hydrogen-bond acceptors (Lipinski definition) is 4. The number of fused-ring (bicyclic) bond motifs is 1. The van der Waals surface area contributed by atoms with Gasteiger partial charge in [-0.05, 0) is 12.0 Å². The average Bonchev–Trinajstić information content (AvgIpc) is 2.17. The molecule has 1 atom stereocenters. The van der Waals surface area contributed by atoms with Crippen molar-refractivity contribution in [2.24, 2.45) is 0 Å². The van der Waals surface area contributed by atoms with Gasteiger partial charge in [-0.15, -0.1) is 11.8 Å². The standard InChI is InChI=1S/C8H8N2O2S/c11-8(12)7-1-5-2-9-4-10-6(5)3-13-7/h2,4,7H,1,3H2,(H,11,12)/t7-/m0/s1. The van der Waals surface area contributed by atoms with Crippen molar-refractivity contribution in [1.29, 1.82) is 0 Å². The maximum Gasteiger partial charge on any atom is 0.316 e. The Labute approximate surface area is 79.4 Å².